The SMILES string of the molecule is CC(C)Cc1ccc(S(=O)(=O)N2CCc3c(c(-c4nnc(-c5ccccc5F)o4)nn3C)C2)cc1. The summed E-state index contributed by atoms with van der Waals surface area (Å²) in [7, 11) is -1.90. The normalized spacial score (nSPS) is 14.4. The fourth-order valence-corrected chi connectivity index (χ4v) is 5.83. The molecule has 182 valence electrons. The van der Waals surface area contributed by atoms with Gasteiger partial charge in [0.05, 0.1) is 10.5 Å². The van der Waals surface area contributed by atoms with Crippen molar-refractivity contribution in [3.63, 3.8) is 0 Å². The highest BCUT2D eigenvalue weighted by Crippen LogP contribution is 2.33. The maximum atomic E-state index is 14.2. The Labute approximate surface area is 203 Å². The van der Waals surface area contributed by atoms with Crippen LogP contribution in [0.2, 0.25) is 0 Å². The molecule has 0 atom stereocenters. The summed E-state index contributed by atoms with van der Waals surface area (Å²) < 4.78 is 49.9. The van der Waals surface area contributed by atoms with Gasteiger partial charge in [-0.25, -0.2) is 12.8 Å². The zero-order chi connectivity index (χ0) is 24.7. The van der Waals surface area contributed by atoms with Crippen molar-refractivity contribution in [3.05, 3.63) is 71.2 Å². The molecular formula is C25H26FN5O3S. The molecule has 0 saturated carbocycles. The van der Waals surface area contributed by atoms with E-state index in [-0.39, 0.29) is 28.8 Å². The Morgan fingerprint density at radius 3 is 2.49 bits per heavy atom. The van der Waals surface area contributed by atoms with Crippen molar-refractivity contribution in [1.82, 2.24) is 24.3 Å². The van der Waals surface area contributed by atoms with Crippen LogP contribution in [0.4, 0.5) is 4.39 Å². The second-order valence-corrected chi connectivity index (χ2v) is 11.1. The Morgan fingerprint density at radius 2 is 1.77 bits per heavy atom. The van der Waals surface area contributed by atoms with Crippen molar-refractivity contribution < 1.29 is 17.2 Å². The standard InChI is InChI=1S/C25H26FN5O3S/c1-16(2)14-17-8-10-18(11-9-17)35(32,33)31-13-12-22-20(15-31)23(29-30(22)3)25-28-27-24(34-25)19-6-4-5-7-21(19)26/h4-11,16H,12-15H2,1-3H3. The lowest BCUT2D eigenvalue weighted by atomic mass is 10.0. The van der Waals surface area contributed by atoms with Gasteiger partial charge in [0.1, 0.15) is 5.82 Å². The van der Waals surface area contributed by atoms with Crippen molar-refractivity contribution in [2.45, 2.75) is 38.1 Å². The third-order valence-electron chi connectivity index (χ3n) is 6.14. The van der Waals surface area contributed by atoms with Crippen LogP contribution in [-0.4, -0.2) is 39.2 Å². The van der Waals surface area contributed by atoms with Crippen LogP contribution in [0, 0.1) is 11.7 Å². The number of aryl methyl sites for hydroxylation is 1. The number of hydrogen-bond donors (Lipinski definition) is 0. The van der Waals surface area contributed by atoms with Gasteiger partial charge < -0.3 is 4.42 Å². The van der Waals surface area contributed by atoms with Crippen molar-refractivity contribution >= 4 is 10.0 Å². The summed E-state index contributed by atoms with van der Waals surface area (Å²) in [6, 6.07) is 13.2. The number of hydrogen-bond acceptors (Lipinski definition) is 6. The molecule has 0 saturated heterocycles. The maximum Gasteiger partial charge on any atom is 0.268 e. The summed E-state index contributed by atoms with van der Waals surface area (Å²) in [4.78, 5) is 0.263. The highest BCUT2D eigenvalue weighted by atomic mass is 32.2. The predicted octanol–water partition coefficient (Wildman–Crippen LogP) is 4.22. The summed E-state index contributed by atoms with van der Waals surface area (Å²) in [5.41, 5.74) is 3.33. The van der Waals surface area contributed by atoms with E-state index in [9.17, 15) is 12.8 Å². The highest BCUT2D eigenvalue weighted by molar-refractivity contribution is 7.89. The Balaban J connectivity index is 1.45. The van der Waals surface area contributed by atoms with Crippen LogP contribution in [0.5, 0.6) is 0 Å². The minimum Gasteiger partial charge on any atom is -0.414 e. The lowest BCUT2D eigenvalue weighted by Gasteiger charge is -2.26. The molecule has 0 N–H and O–H groups in total. The van der Waals surface area contributed by atoms with Crippen molar-refractivity contribution in [3.8, 4) is 23.0 Å². The first kappa shape index (κ1) is 23.4. The van der Waals surface area contributed by atoms with Crippen molar-refractivity contribution in [1.29, 1.82) is 0 Å². The third kappa shape index (κ3) is 4.39. The lowest BCUT2D eigenvalue weighted by molar-refractivity contribution is 0.386. The van der Waals surface area contributed by atoms with Gasteiger partial charge in [-0.05, 0) is 42.2 Å². The molecule has 3 heterocycles. The Kier molecular flexibility index (Phi) is 6.02. The number of sulfonamides is 1. The molecule has 0 spiro atoms. The van der Waals surface area contributed by atoms with Crippen molar-refractivity contribution in [2.75, 3.05) is 6.54 Å². The smallest absolute Gasteiger partial charge is 0.268 e. The second kappa shape index (κ2) is 9.01. The topological polar surface area (TPSA) is 94.1 Å². The van der Waals surface area contributed by atoms with Gasteiger partial charge in [-0.3, -0.25) is 4.68 Å². The average Bonchev–Trinajstić information content (AvgIpc) is 3.44. The molecule has 2 aromatic carbocycles. The average molecular weight is 496 g/mol. The summed E-state index contributed by atoms with van der Waals surface area (Å²) in [6.45, 7) is 4.73. The van der Waals surface area contributed by atoms with Crippen LogP contribution in [0.1, 0.15) is 30.7 Å². The molecule has 35 heavy (non-hydrogen) atoms. The molecule has 10 heteroatoms. The number of rotatable bonds is 6. The quantitative estimate of drug-likeness (QED) is 0.398. The first-order chi connectivity index (χ1) is 16.7. The van der Waals surface area contributed by atoms with E-state index in [1.165, 1.54) is 10.4 Å². The van der Waals surface area contributed by atoms with Crippen LogP contribution in [0.3, 0.4) is 0 Å². The van der Waals surface area contributed by atoms with Crippen LogP contribution in [0.25, 0.3) is 23.0 Å². The van der Waals surface area contributed by atoms with E-state index in [1.54, 1.807) is 42.1 Å². The summed E-state index contributed by atoms with van der Waals surface area (Å²) in [6.07, 6.45) is 1.39. The van der Waals surface area contributed by atoms with Crippen LogP contribution in [0.15, 0.2) is 57.8 Å². The molecule has 1 aliphatic rings. The Hall–Kier alpha value is -3.37. The van der Waals surface area contributed by atoms with Crippen molar-refractivity contribution in [2.24, 2.45) is 13.0 Å². The number of nitrogens with zero attached hydrogens (tertiary/aromatic N) is 5. The van der Waals surface area contributed by atoms with Crippen LogP contribution >= 0.6 is 0 Å². The zero-order valence-electron chi connectivity index (χ0n) is 19.8. The minimum absolute atomic E-state index is 0.0410. The summed E-state index contributed by atoms with van der Waals surface area (Å²) >= 11 is 0. The zero-order valence-corrected chi connectivity index (χ0v) is 20.6. The van der Waals surface area contributed by atoms with Gasteiger partial charge in [0.25, 0.3) is 11.8 Å². The first-order valence-electron chi connectivity index (χ1n) is 11.5. The van der Waals surface area contributed by atoms with Crippen LogP contribution in [-0.2, 0) is 36.5 Å². The second-order valence-electron chi connectivity index (χ2n) is 9.12. The van der Waals surface area contributed by atoms with Gasteiger partial charge in [0.2, 0.25) is 10.0 Å². The van der Waals surface area contributed by atoms with Gasteiger partial charge in [-0.2, -0.15) is 9.40 Å². The minimum atomic E-state index is -3.70. The number of benzene rings is 2. The molecule has 5 rings (SSSR count). The molecule has 4 aromatic rings. The van der Waals surface area contributed by atoms with E-state index in [1.807, 2.05) is 12.1 Å². The van der Waals surface area contributed by atoms with E-state index < -0.39 is 15.8 Å². The van der Waals surface area contributed by atoms with E-state index in [2.05, 4.69) is 29.1 Å². The molecule has 2 aromatic heterocycles. The molecule has 0 unspecified atom stereocenters. The molecule has 8 nitrogen and oxygen atoms in total. The first-order valence-corrected chi connectivity index (χ1v) is 12.9. The fraction of sp³-hybridized carbons (Fsp3) is 0.320. The van der Waals surface area contributed by atoms with E-state index in [0.29, 0.717) is 30.1 Å². The molecule has 0 fully saturated rings. The molecule has 0 radical (unpaired) electrons. The van der Waals surface area contributed by atoms with Gasteiger partial charge >= 0.3 is 0 Å². The van der Waals surface area contributed by atoms with E-state index in [4.69, 9.17) is 4.42 Å². The maximum absolute atomic E-state index is 14.2. The Bertz CT molecular complexity index is 1480. The lowest BCUT2D eigenvalue weighted by Crippen LogP contribution is -2.36. The summed E-state index contributed by atoms with van der Waals surface area (Å²) in [5, 5.41) is 12.6. The number of halogens is 1. The van der Waals surface area contributed by atoms with Gasteiger partial charge in [0.15, 0.2) is 5.69 Å². The van der Waals surface area contributed by atoms with Gasteiger partial charge in [-0.15, -0.1) is 10.2 Å². The number of fused-ring (bicyclic) bond motifs is 1. The largest absolute Gasteiger partial charge is 0.414 e. The highest BCUT2D eigenvalue weighted by Gasteiger charge is 2.33. The molecular weight excluding hydrogens is 469 g/mol. The summed E-state index contributed by atoms with van der Waals surface area (Å²) in [5.74, 6) is 0.185. The fourth-order valence-electron chi connectivity index (χ4n) is 4.42. The van der Waals surface area contributed by atoms with E-state index >= 15 is 0 Å². The molecule has 0 amide bonds. The Morgan fingerprint density at radius 1 is 1.06 bits per heavy atom. The van der Waals surface area contributed by atoms with Crippen LogP contribution < -0.4 is 0 Å². The predicted molar refractivity (Wildman–Crippen MR) is 128 cm³/mol. The molecule has 0 aliphatic carbocycles. The monoisotopic (exact) mass is 495 g/mol. The molecule has 0 bridgehead atoms. The van der Waals surface area contributed by atoms with E-state index in [0.717, 1.165) is 17.7 Å². The molecule has 1 aliphatic heterocycles. The van der Waals surface area contributed by atoms with Gasteiger partial charge in [-0.1, -0.05) is 38.1 Å². The third-order valence-corrected chi connectivity index (χ3v) is 8.00. The number of aromatic nitrogens is 4. The van der Waals surface area contributed by atoms with Gasteiger partial charge in [0, 0.05) is 37.8 Å².